The fraction of sp³-hybridized carbons (Fsp3) is 0.468. The van der Waals surface area contributed by atoms with Gasteiger partial charge < -0.3 is 25.3 Å². The molecule has 2 aromatic heterocycles. The molecule has 6 heterocycles. The van der Waals surface area contributed by atoms with E-state index in [2.05, 4.69) is 30.8 Å². The lowest BCUT2D eigenvalue weighted by molar-refractivity contribution is -0.136. The van der Waals surface area contributed by atoms with Gasteiger partial charge in [-0.3, -0.25) is 48.8 Å². The summed E-state index contributed by atoms with van der Waals surface area (Å²) >= 11 is 0. The number of fused-ring (bicyclic) bond motifs is 1. The zero-order chi connectivity index (χ0) is 44.1. The second kappa shape index (κ2) is 21.6. The summed E-state index contributed by atoms with van der Waals surface area (Å²) in [5.74, 6) is -0.688. The zero-order valence-electron chi connectivity index (χ0n) is 35.8. The summed E-state index contributed by atoms with van der Waals surface area (Å²) in [4.78, 5) is 104. The normalized spacial score (nSPS) is 18.2. The first-order chi connectivity index (χ1) is 30.7. The van der Waals surface area contributed by atoms with Crippen LogP contribution in [0.1, 0.15) is 114 Å². The molecule has 3 N–H and O–H groups in total. The lowest BCUT2D eigenvalue weighted by atomic mass is 9.91. The Balaban J connectivity index is 0.734. The average Bonchev–Trinajstić information content (AvgIpc) is 3.56. The first-order valence-corrected chi connectivity index (χ1v) is 22.4. The lowest BCUT2D eigenvalue weighted by Gasteiger charge is -2.35. The maximum atomic E-state index is 13.3. The predicted octanol–water partition coefficient (Wildman–Crippen LogP) is 4.44. The number of aromatic nitrogens is 2. The number of hydrogen-bond acceptors (Lipinski definition) is 11. The smallest absolute Gasteiger partial charge is 0.264 e. The summed E-state index contributed by atoms with van der Waals surface area (Å²) in [6, 6.07) is 11.5. The quantitative estimate of drug-likeness (QED) is 0.0931. The number of carbonyl (C=O) groups is 7. The van der Waals surface area contributed by atoms with E-state index in [-0.39, 0.29) is 41.7 Å². The fourth-order valence-electron chi connectivity index (χ4n) is 8.77. The number of piperidine rings is 2. The topological polar surface area (TPSA) is 194 Å². The van der Waals surface area contributed by atoms with Crippen LogP contribution in [0.2, 0.25) is 0 Å². The number of amides is 7. The summed E-state index contributed by atoms with van der Waals surface area (Å²) in [6.07, 6.45) is 17.4. The molecule has 4 aliphatic rings. The molecule has 0 radical (unpaired) electrons. The number of carbonyl (C=O) groups excluding carboxylic acids is 7. The molecule has 0 aliphatic carbocycles. The molecule has 0 spiro atoms. The van der Waals surface area contributed by atoms with E-state index < -0.39 is 29.7 Å². The molecule has 3 fully saturated rings. The van der Waals surface area contributed by atoms with Gasteiger partial charge in [-0.2, -0.15) is 0 Å². The van der Waals surface area contributed by atoms with Crippen molar-refractivity contribution in [3.05, 3.63) is 89.4 Å². The van der Waals surface area contributed by atoms with Crippen molar-refractivity contribution < 1.29 is 33.6 Å². The van der Waals surface area contributed by atoms with Gasteiger partial charge in [0.2, 0.25) is 23.6 Å². The Kier molecular flexibility index (Phi) is 15.3. The van der Waals surface area contributed by atoms with Crippen LogP contribution in [0, 0.1) is 5.92 Å². The van der Waals surface area contributed by atoms with Crippen LogP contribution in [-0.4, -0.2) is 124 Å². The first kappa shape index (κ1) is 44.6. The molecule has 7 rings (SSSR count). The number of hydrogen-bond donors (Lipinski definition) is 3. The number of benzene rings is 1. The van der Waals surface area contributed by atoms with Gasteiger partial charge in [-0.15, -0.1) is 0 Å². The number of nitrogens with zero attached hydrogens (tertiary/aromatic N) is 6. The van der Waals surface area contributed by atoms with Gasteiger partial charge in [0.1, 0.15) is 11.9 Å². The standard InChI is InChI=1S/C47H57N9O7/c57-40(18-14-34-10-8-22-48-31-34)50-24-6-4-9-33-20-25-55(26-21-33)45(61)35-15-17-39(51-32-35)53-27-29-54(30-28-53)42(59)13-3-1-2-5-23-49-37-12-7-11-36-43(37)47(63)56(46(36)62)38-16-19-41(58)52-44(38)60/h7-8,10-12,14-15,17-18,22,31-33,38,49H,1-6,9,13,16,19-21,23-30H2,(H,50,57)(H,52,58,60)/b18-14+. The van der Waals surface area contributed by atoms with Gasteiger partial charge in [0.15, 0.2) is 0 Å². The molecule has 1 unspecified atom stereocenters. The van der Waals surface area contributed by atoms with Crippen molar-refractivity contribution in [1.29, 1.82) is 0 Å². The van der Waals surface area contributed by atoms with Crippen molar-refractivity contribution in [3.63, 3.8) is 0 Å². The monoisotopic (exact) mass is 859 g/mol. The van der Waals surface area contributed by atoms with Crippen LogP contribution < -0.4 is 20.9 Å². The summed E-state index contributed by atoms with van der Waals surface area (Å²) in [6.45, 7) is 5.24. The Morgan fingerprint density at radius 2 is 1.57 bits per heavy atom. The van der Waals surface area contributed by atoms with E-state index in [0.29, 0.717) is 62.9 Å². The minimum atomic E-state index is -1.01. The van der Waals surface area contributed by atoms with E-state index in [1.165, 1.54) is 6.08 Å². The summed E-state index contributed by atoms with van der Waals surface area (Å²) in [5.41, 5.74) is 2.51. The van der Waals surface area contributed by atoms with E-state index in [9.17, 15) is 33.6 Å². The van der Waals surface area contributed by atoms with Crippen LogP contribution >= 0.6 is 0 Å². The number of likely N-dealkylation sites (tertiary alicyclic amines) is 1. The third kappa shape index (κ3) is 11.5. The van der Waals surface area contributed by atoms with Gasteiger partial charge in [0, 0.05) is 95.6 Å². The van der Waals surface area contributed by atoms with E-state index in [1.807, 2.05) is 34.1 Å². The Bertz CT molecular complexity index is 2160. The van der Waals surface area contributed by atoms with Crippen LogP contribution in [-0.2, 0) is 19.2 Å². The zero-order valence-corrected chi connectivity index (χ0v) is 35.8. The maximum Gasteiger partial charge on any atom is 0.264 e. The molecule has 16 heteroatoms. The van der Waals surface area contributed by atoms with Crippen molar-refractivity contribution in [2.24, 2.45) is 5.92 Å². The maximum absolute atomic E-state index is 13.3. The molecule has 4 aliphatic heterocycles. The summed E-state index contributed by atoms with van der Waals surface area (Å²) in [5, 5.41) is 8.44. The Labute approximate surface area is 367 Å². The molecule has 3 saturated heterocycles. The largest absolute Gasteiger partial charge is 0.384 e. The van der Waals surface area contributed by atoms with Crippen molar-refractivity contribution in [2.45, 2.75) is 83.1 Å². The average molecular weight is 860 g/mol. The Morgan fingerprint density at radius 3 is 2.32 bits per heavy atom. The number of pyridine rings is 2. The Hall–Kier alpha value is -6.45. The second-order valence-electron chi connectivity index (χ2n) is 16.7. The molecule has 0 saturated carbocycles. The van der Waals surface area contributed by atoms with Crippen LogP contribution in [0.5, 0.6) is 0 Å². The summed E-state index contributed by atoms with van der Waals surface area (Å²) < 4.78 is 0. The predicted molar refractivity (Wildman–Crippen MR) is 236 cm³/mol. The number of nitrogens with one attached hydrogen (secondary N) is 3. The van der Waals surface area contributed by atoms with Crippen LogP contribution in [0.4, 0.5) is 11.5 Å². The molecule has 0 bridgehead atoms. The highest BCUT2D eigenvalue weighted by Gasteiger charge is 2.45. The molecule has 1 aromatic carbocycles. The Morgan fingerprint density at radius 1 is 0.778 bits per heavy atom. The number of unbranched alkanes of at least 4 members (excludes halogenated alkanes) is 4. The van der Waals surface area contributed by atoms with Crippen LogP contribution in [0.3, 0.4) is 0 Å². The number of rotatable bonds is 18. The third-order valence-corrected chi connectivity index (χ3v) is 12.4. The van der Waals surface area contributed by atoms with E-state index >= 15 is 0 Å². The van der Waals surface area contributed by atoms with Gasteiger partial charge in [-0.1, -0.05) is 37.8 Å². The minimum Gasteiger partial charge on any atom is -0.384 e. The van der Waals surface area contributed by atoms with E-state index in [0.717, 1.165) is 87.2 Å². The molecular formula is C47H57N9O7. The third-order valence-electron chi connectivity index (χ3n) is 12.4. The summed E-state index contributed by atoms with van der Waals surface area (Å²) in [7, 11) is 0. The van der Waals surface area contributed by atoms with Gasteiger partial charge in [0.05, 0.1) is 16.7 Å². The molecule has 332 valence electrons. The van der Waals surface area contributed by atoms with Gasteiger partial charge in [-0.05, 0) is 86.4 Å². The minimum absolute atomic E-state index is 0.00913. The van der Waals surface area contributed by atoms with E-state index in [1.54, 1.807) is 42.9 Å². The highest BCUT2D eigenvalue weighted by Crippen LogP contribution is 2.32. The number of imide groups is 2. The molecule has 7 amide bonds. The van der Waals surface area contributed by atoms with Gasteiger partial charge in [0.25, 0.3) is 17.7 Å². The van der Waals surface area contributed by atoms with Gasteiger partial charge >= 0.3 is 0 Å². The molecular weight excluding hydrogens is 803 g/mol. The van der Waals surface area contributed by atoms with Crippen LogP contribution in [0.15, 0.2) is 67.1 Å². The van der Waals surface area contributed by atoms with Crippen molar-refractivity contribution in [2.75, 3.05) is 62.6 Å². The lowest BCUT2D eigenvalue weighted by Crippen LogP contribution is -2.54. The first-order valence-electron chi connectivity index (χ1n) is 22.4. The highest BCUT2D eigenvalue weighted by molar-refractivity contribution is 6.25. The molecule has 16 nitrogen and oxygen atoms in total. The number of anilines is 2. The second-order valence-corrected chi connectivity index (χ2v) is 16.7. The van der Waals surface area contributed by atoms with Crippen molar-refractivity contribution in [1.82, 2.24) is 35.3 Å². The highest BCUT2D eigenvalue weighted by atomic mass is 16.2. The molecule has 3 aromatic rings. The van der Waals surface area contributed by atoms with Crippen molar-refractivity contribution >= 4 is 58.9 Å². The fourth-order valence-corrected chi connectivity index (χ4v) is 8.77. The van der Waals surface area contributed by atoms with E-state index in [4.69, 9.17) is 0 Å². The van der Waals surface area contributed by atoms with Crippen LogP contribution in [0.25, 0.3) is 6.08 Å². The van der Waals surface area contributed by atoms with Crippen molar-refractivity contribution in [3.8, 4) is 0 Å². The number of piperazine rings is 1. The SMILES string of the molecule is O=C(/C=C/c1cccnc1)NCCCCC1CCN(C(=O)c2ccc(N3CCN(C(=O)CCCCCCNc4cccc5c4C(=O)N(C4CCC(=O)NC4=O)C5=O)CC3)nc2)CC1. The molecule has 63 heavy (non-hydrogen) atoms. The van der Waals surface area contributed by atoms with Gasteiger partial charge in [-0.25, -0.2) is 4.98 Å². The molecule has 1 atom stereocenters.